The highest BCUT2D eigenvalue weighted by Crippen LogP contribution is 2.24. The molecule has 8 heteroatoms. The molecule has 2 aromatic carbocycles. The van der Waals surface area contributed by atoms with Crippen LogP contribution in [0.25, 0.3) is 21.9 Å². The lowest BCUT2D eigenvalue weighted by molar-refractivity contribution is 0.133. The lowest BCUT2D eigenvalue weighted by Gasteiger charge is -2.12. The number of hydrogen-bond acceptors (Lipinski definition) is 2. The maximum Gasteiger partial charge on any atom is 0.329 e. The Labute approximate surface area is 171 Å². The maximum atomic E-state index is 13.9. The third-order valence-corrected chi connectivity index (χ3v) is 5.52. The van der Waals surface area contributed by atoms with Crippen LogP contribution in [0.3, 0.4) is 0 Å². The highest BCUT2D eigenvalue weighted by Gasteiger charge is 2.16. The van der Waals surface area contributed by atoms with Crippen LogP contribution < -0.4 is 11.4 Å². The smallest absolute Gasteiger partial charge is 0.329 e. The third kappa shape index (κ3) is 3.63. The summed E-state index contributed by atoms with van der Waals surface area (Å²) in [6.07, 6.45) is -2.24. The predicted molar refractivity (Wildman–Crippen MR) is 111 cm³/mol. The van der Waals surface area contributed by atoms with Crippen molar-refractivity contribution in [1.82, 2.24) is 13.7 Å². The number of benzene rings is 2. The monoisotopic (exact) mass is 416 g/mol. The van der Waals surface area contributed by atoms with Crippen LogP contribution in [0.1, 0.15) is 24.1 Å². The first-order valence-electron chi connectivity index (χ1n) is 9.83. The fourth-order valence-corrected chi connectivity index (χ4v) is 4.00. The highest BCUT2D eigenvalue weighted by atomic mass is 19.3. The molecule has 30 heavy (non-hydrogen) atoms. The number of alkyl halides is 2. The van der Waals surface area contributed by atoms with Gasteiger partial charge in [-0.05, 0) is 48.4 Å². The minimum Gasteiger partial charge on any atom is -0.343 e. The van der Waals surface area contributed by atoms with E-state index in [9.17, 15) is 18.0 Å². The third-order valence-electron chi connectivity index (χ3n) is 5.52. The fraction of sp³-hybridized carbons (Fsp3) is 0.318. The molecule has 2 N–H and O–H groups in total. The van der Waals surface area contributed by atoms with Gasteiger partial charge < -0.3 is 10.3 Å². The number of nitrogens with two attached hydrogens (primary N) is 1. The van der Waals surface area contributed by atoms with Crippen molar-refractivity contribution in [3.05, 3.63) is 70.0 Å². The molecule has 158 valence electrons. The summed E-state index contributed by atoms with van der Waals surface area (Å²) in [6.45, 7) is 1.00. The van der Waals surface area contributed by atoms with Gasteiger partial charge in [0.05, 0.1) is 17.6 Å². The molecule has 2 heterocycles. The van der Waals surface area contributed by atoms with Crippen LogP contribution >= 0.6 is 0 Å². The molecule has 0 aliphatic rings. The summed E-state index contributed by atoms with van der Waals surface area (Å²) in [6, 6.07) is 12.0. The average Bonchev–Trinajstić information content (AvgIpc) is 3.17. The Morgan fingerprint density at radius 2 is 1.77 bits per heavy atom. The van der Waals surface area contributed by atoms with Gasteiger partial charge in [0.2, 0.25) is 6.43 Å². The van der Waals surface area contributed by atoms with Gasteiger partial charge in [0.1, 0.15) is 5.82 Å². The fourth-order valence-electron chi connectivity index (χ4n) is 4.00. The second-order valence-corrected chi connectivity index (χ2v) is 7.48. The van der Waals surface area contributed by atoms with Gasteiger partial charge in [-0.3, -0.25) is 9.13 Å². The number of hydrogen-bond donors (Lipinski definition) is 1. The number of imidazole rings is 1. The molecule has 0 aliphatic carbocycles. The number of rotatable bonds is 7. The Hall–Kier alpha value is -3.00. The van der Waals surface area contributed by atoms with Gasteiger partial charge in [-0.25, -0.2) is 18.0 Å². The zero-order valence-corrected chi connectivity index (χ0v) is 16.6. The molecular weight excluding hydrogens is 393 g/mol. The van der Waals surface area contributed by atoms with Gasteiger partial charge >= 0.3 is 5.69 Å². The number of halogens is 3. The van der Waals surface area contributed by atoms with Crippen molar-refractivity contribution in [2.24, 2.45) is 12.8 Å². The van der Waals surface area contributed by atoms with Crippen molar-refractivity contribution in [3.8, 4) is 0 Å². The number of nitrogens with zero attached hydrogens (tertiary/aromatic N) is 3. The molecule has 0 fully saturated rings. The van der Waals surface area contributed by atoms with Crippen LogP contribution in [0.5, 0.6) is 0 Å². The van der Waals surface area contributed by atoms with Crippen LogP contribution in [-0.4, -0.2) is 20.1 Å². The first kappa shape index (κ1) is 20.3. The molecule has 0 spiro atoms. The van der Waals surface area contributed by atoms with Crippen LogP contribution in [-0.2, 0) is 26.7 Å². The Kier molecular flexibility index (Phi) is 5.42. The maximum absolute atomic E-state index is 13.9. The minimum absolute atomic E-state index is 0.195. The first-order valence-corrected chi connectivity index (χ1v) is 9.83. The lowest BCUT2D eigenvalue weighted by Crippen LogP contribution is -2.23. The predicted octanol–water partition coefficient (Wildman–Crippen LogP) is 3.99. The average molecular weight is 416 g/mol. The topological polar surface area (TPSA) is 57.9 Å². The normalized spacial score (nSPS) is 11.9. The van der Waals surface area contributed by atoms with E-state index >= 15 is 0 Å². The van der Waals surface area contributed by atoms with Crippen molar-refractivity contribution >= 4 is 21.9 Å². The molecule has 4 rings (SSSR count). The van der Waals surface area contributed by atoms with Gasteiger partial charge in [-0.1, -0.05) is 6.07 Å². The second-order valence-electron chi connectivity index (χ2n) is 7.48. The van der Waals surface area contributed by atoms with Gasteiger partial charge in [0.15, 0.2) is 0 Å². The Morgan fingerprint density at radius 1 is 1.00 bits per heavy atom. The summed E-state index contributed by atoms with van der Waals surface area (Å²) in [4.78, 5) is 12.8. The van der Waals surface area contributed by atoms with E-state index in [4.69, 9.17) is 5.73 Å². The molecule has 0 atom stereocenters. The molecule has 0 saturated heterocycles. The number of aromatic nitrogens is 3. The zero-order valence-electron chi connectivity index (χ0n) is 16.6. The molecule has 0 bridgehead atoms. The SMILES string of the molecule is Cn1c(=O)n(Cc2cc3cc(CN)ccc3n2CCCC(F)F)c2cc(F)ccc21. The molecule has 5 nitrogen and oxygen atoms in total. The summed E-state index contributed by atoms with van der Waals surface area (Å²) in [5.74, 6) is -0.424. The van der Waals surface area contributed by atoms with E-state index in [0.29, 0.717) is 30.5 Å². The van der Waals surface area contributed by atoms with Crippen molar-refractivity contribution in [1.29, 1.82) is 0 Å². The minimum atomic E-state index is -2.36. The standard InChI is InChI=1S/C22H23F3N4O/c1-27-19-7-5-16(23)11-20(19)29(22(27)30)13-17-10-15-9-14(12-26)4-6-18(15)28(17)8-2-3-21(24)25/h4-7,9-11,21H,2-3,8,12-13,26H2,1H3. The van der Waals surface area contributed by atoms with Crippen LogP contribution in [0.2, 0.25) is 0 Å². The van der Waals surface area contributed by atoms with Gasteiger partial charge in [-0.15, -0.1) is 0 Å². The first-order chi connectivity index (χ1) is 14.4. The summed E-state index contributed by atoms with van der Waals surface area (Å²) < 4.78 is 44.2. The molecule has 2 aromatic heterocycles. The van der Waals surface area contributed by atoms with E-state index in [1.54, 1.807) is 13.1 Å². The Bertz CT molecular complexity index is 1270. The highest BCUT2D eigenvalue weighted by molar-refractivity contribution is 5.82. The van der Waals surface area contributed by atoms with Crippen molar-refractivity contribution in [2.75, 3.05) is 0 Å². The van der Waals surface area contributed by atoms with Crippen molar-refractivity contribution in [2.45, 2.75) is 38.9 Å². The van der Waals surface area contributed by atoms with Gasteiger partial charge in [0.25, 0.3) is 0 Å². The number of aryl methyl sites for hydroxylation is 2. The second kappa shape index (κ2) is 8.02. The zero-order chi connectivity index (χ0) is 21.4. The summed E-state index contributed by atoms with van der Waals surface area (Å²) >= 11 is 0. The Morgan fingerprint density at radius 3 is 2.50 bits per heavy atom. The van der Waals surface area contributed by atoms with E-state index in [1.807, 2.05) is 28.8 Å². The van der Waals surface area contributed by atoms with Gasteiger partial charge in [-0.2, -0.15) is 0 Å². The molecule has 0 aliphatic heterocycles. The van der Waals surface area contributed by atoms with E-state index in [2.05, 4.69) is 0 Å². The van der Waals surface area contributed by atoms with Crippen molar-refractivity contribution in [3.63, 3.8) is 0 Å². The van der Waals surface area contributed by atoms with Crippen LogP contribution in [0, 0.1) is 5.82 Å². The molecule has 0 saturated carbocycles. The van der Waals surface area contributed by atoms with Gasteiger partial charge in [0, 0.05) is 43.2 Å². The number of fused-ring (bicyclic) bond motifs is 2. The molecule has 0 radical (unpaired) electrons. The lowest BCUT2D eigenvalue weighted by atomic mass is 10.1. The molecule has 0 amide bonds. The van der Waals surface area contributed by atoms with E-state index in [0.717, 1.165) is 22.2 Å². The van der Waals surface area contributed by atoms with Crippen LogP contribution in [0.15, 0.2) is 47.3 Å². The largest absolute Gasteiger partial charge is 0.343 e. The Balaban J connectivity index is 1.82. The van der Waals surface area contributed by atoms with Crippen molar-refractivity contribution < 1.29 is 13.2 Å². The summed E-state index contributed by atoms with van der Waals surface area (Å²) in [5, 5.41) is 0.935. The molecule has 4 aromatic rings. The van der Waals surface area contributed by atoms with E-state index in [-0.39, 0.29) is 18.7 Å². The van der Waals surface area contributed by atoms with E-state index < -0.39 is 12.2 Å². The van der Waals surface area contributed by atoms with E-state index in [1.165, 1.54) is 21.3 Å². The molecule has 0 unspecified atom stereocenters. The summed E-state index contributed by atoms with van der Waals surface area (Å²) in [7, 11) is 1.64. The quantitative estimate of drug-likeness (QED) is 0.495. The summed E-state index contributed by atoms with van der Waals surface area (Å²) in [5.41, 5.74) is 9.27. The molecular formula is C22H23F3N4O. The van der Waals surface area contributed by atoms with Crippen LogP contribution in [0.4, 0.5) is 13.2 Å².